The summed E-state index contributed by atoms with van der Waals surface area (Å²) in [5.41, 5.74) is 1.17. The van der Waals surface area contributed by atoms with Crippen molar-refractivity contribution < 1.29 is 14.7 Å². The molecule has 0 spiro atoms. The van der Waals surface area contributed by atoms with E-state index in [0.29, 0.717) is 6.54 Å². The van der Waals surface area contributed by atoms with Gasteiger partial charge in [0.1, 0.15) is 6.54 Å². The van der Waals surface area contributed by atoms with Crippen LogP contribution in [0.1, 0.15) is 18.4 Å². The van der Waals surface area contributed by atoms with Crippen molar-refractivity contribution in [1.29, 1.82) is 0 Å². The van der Waals surface area contributed by atoms with Crippen LogP contribution in [-0.2, 0) is 11.2 Å². The molecule has 1 aromatic rings. The number of rotatable bonds is 6. The molecule has 5 nitrogen and oxygen atoms in total. The number of urea groups is 1. The highest BCUT2D eigenvalue weighted by molar-refractivity contribution is 5.80. The summed E-state index contributed by atoms with van der Waals surface area (Å²) in [7, 11) is 1.72. The zero-order valence-corrected chi connectivity index (χ0v) is 11.7. The topological polar surface area (TPSA) is 60.9 Å². The molecule has 1 saturated carbocycles. The second kappa shape index (κ2) is 6.41. The molecule has 2 rings (SSSR count). The zero-order valence-electron chi connectivity index (χ0n) is 11.7. The Morgan fingerprint density at radius 1 is 1.25 bits per heavy atom. The van der Waals surface area contributed by atoms with E-state index in [0.717, 1.165) is 19.3 Å². The number of carboxylic acids is 1. The molecular formula is C15H20N2O3. The van der Waals surface area contributed by atoms with Crippen LogP contribution in [0.4, 0.5) is 4.79 Å². The van der Waals surface area contributed by atoms with Crippen LogP contribution in [0, 0.1) is 0 Å². The quantitative estimate of drug-likeness (QED) is 0.862. The van der Waals surface area contributed by atoms with Gasteiger partial charge in [-0.15, -0.1) is 0 Å². The van der Waals surface area contributed by atoms with Crippen molar-refractivity contribution in [2.45, 2.75) is 25.3 Å². The van der Waals surface area contributed by atoms with Gasteiger partial charge in [-0.05, 0) is 24.8 Å². The third kappa shape index (κ3) is 3.98. The van der Waals surface area contributed by atoms with Gasteiger partial charge in [-0.25, -0.2) is 4.79 Å². The molecule has 1 aliphatic rings. The summed E-state index contributed by atoms with van der Waals surface area (Å²) in [4.78, 5) is 26.2. The summed E-state index contributed by atoms with van der Waals surface area (Å²) in [6.45, 7) is 0.380. The summed E-state index contributed by atoms with van der Waals surface area (Å²) < 4.78 is 0. The Morgan fingerprint density at radius 3 is 2.45 bits per heavy atom. The van der Waals surface area contributed by atoms with E-state index in [1.54, 1.807) is 11.9 Å². The molecule has 0 bridgehead atoms. The summed E-state index contributed by atoms with van der Waals surface area (Å²) in [6.07, 6.45) is 2.59. The van der Waals surface area contributed by atoms with Crippen molar-refractivity contribution in [3.8, 4) is 0 Å². The summed E-state index contributed by atoms with van der Waals surface area (Å²) in [5.74, 6) is -0.957. The Bertz CT molecular complexity index is 471. The standard InChI is InChI=1S/C15H20N2O3/c1-16(10-9-12-5-3-2-4-6-12)15(20)17(11-14(18)19)13-7-8-13/h2-6,13H,7-11H2,1H3,(H,18,19). The Balaban J connectivity index is 1.88. The smallest absolute Gasteiger partial charge is 0.323 e. The van der Waals surface area contributed by atoms with Crippen LogP contribution in [0.15, 0.2) is 30.3 Å². The zero-order chi connectivity index (χ0) is 14.5. The predicted molar refractivity (Wildman–Crippen MR) is 75.5 cm³/mol. The minimum Gasteiger partial charge on any atom is -0.480 e. The van der Waals surface area contributed by atoms with Crippen LogP contribution in [0.3, 0.4) is 0 Å². The van der Waals surface area contributed by atoms with Crippen LogP contribution < -0.4 is 0 Å². The normalized spacial score (nSPS) is 13.8. The van der Waals surface area contributed by atoms with Gasteiger partial charge in [0.25, 0.3) is 0 Å². The summed E-state index contributed by atoms with van der Waals surface area (Å²) in [6, 6.07) is 9.86. The molecule has 1 aliphatic carbocycles. The molecule has 0 aromatic heterocycles. The van der Waals surface area contributed by atoms with Crippen LogP contribution in [0.5, 0.6) is 0 Å². The van der Waals surface area contributed by atoms with Gasteiger partial charge in [-0.1, -0.05) is 30.3 Å². The molecule has 0 unspecified atom stereocenters. The highest BCUT2D eigenvalue weighted by Crippen LogP contribution is 2.27. The van der Waals surface area contributed by atoms with Crippen LogP contribution in [0.25, 0.3) is 0 Å². The number of benzene rings is 1. The molecule has 1 fully saturated rings. The third-order valence-electron chi connectivity index (χ3n) is 3.44. The van der Waals surface area contributed by atoms with Crippen molar-refractivity contribution in [3.05, 3.63) is 35.9 Å². The van der Waals surface area contributed by atoms with E-state index in [1.165, 1.54) is 10.5 Å². The van der Waals surface area contributed by atoms with Crippen LogP contribution >= 0.6 is 0 Å². The van der Waals surface area contributed by atoms with E-state index in [9.17, 15) is 9.59 Å². The van der Waals surface area contributed by atoms with Crippen molar-refractivity contribution in [3.63, 3.8) is 0 Å². The lowest BCUT2D eigenvalue weighted by atomic mass is 10.1. The molecule has 0 atom stereocenters. The molecule has 1 aromatic carbocycles. The SMILES string of the molecule is CN(CCc1ccccc1)C(=O)N(CC(=O)O)C1CC1. The van der Waals surface area contributed by atoms with Gasteiger partial charge in [0.05, 0.1) is 0 Å². The van der Waals surface area contributed by atoms with Gasteiger partial charge >= 0.3 is 12.0 Å². The predicted octanol–water partition coefficient (Wildman–Crippen LogP) is 1.83. The minimum absolute atomic E-state index is 0.109. The molecule has 1 N–H and O–H groups in total. The lowest BCUT2D eigenvalue weighted by Crippen LogP contribution is -2.45. The third-order valence-corrected chi connectivity index (χ3v) is 3.44. The first-order valence-electron chi connectivity index (χ1n) is 6.85. The first-order valence-corrected chi connectivity index (χ1v) is 6.85. The average molecular weight is 276 g/mol. The molecular weight excluding hydrogens is 256 g/mol. The molecule has 0 aliphatic heterocycles. The van der Waals surface area contributed by atoms with Crippen LogP contribution in [0.2, 0.25) is 0 Å². The highest BCUT2D eigenvalue weighted by Gasteiger charge is 2.35. The number of hydrogen-bond acceptors (Lipinski definition) is 2. The van der Waals surface area contributed by atoms with Crippen molar-refractivity contribution >= 4 is 12.0 Å². The molecule has 0 heterocycles. The number of nitrogens with zero attached hydrogens (tertiary/aromatic N) is 2. The largest absolute Gasteiger partial charge is 0.480 e. The van der Waals surface area contributed by atoms with Gasteiger partial charge < -0.3 is 14.9 Å². The van der Waals surface area contributed by atoms with Crippen molar-refractivity contribution in [2.24, 2.45) is 0 Å². The maximum absolute atomic E-state index is 12.3. The number of carbonyl (C=O) groups is 2. The second-order valence-corrected chi connectivity index (χ2v) is 5.19. The molecule has 108 valence electrons. The highest BCUT2D eigenvalue weighted by atomic mass is 16.4. The van der Waals surface area contributed by atoms with Gasteiger partial charge in [0, 0.05) is 19.6 Å². The first kappa shape index (κ1) is 14.4. The number of carboxylic acid groups (broad SMARTS) is 1. The van der Waals surface area contributed by atoms with Gasteiger partial charge in [0.15, 0.2) is 0 Å². The van der Waals surface area contributed by atoms with Crippen LogP contribution in [-0.4, -0.2) is 53.1 Å². The van der Waals surface area contributed by atoms with E-state index < -0.39 is 5.97 Å². The maximum atomic E-state index is 12.3. The fraction of sp³-hybridized carbons (Fsp3) is 0.467. The average Bonchev–Trinajstić information content (AvgIpc) is 3.27. The van der Waals surface area contributed by atoms with E-state index in [2.05, 4.69) is 0 Å². The van der Waals surface area contributed by atoms with Gasteiger partial charge in [-0.2, -0.15) is 0 Å². The summed E-state index contributed by atoms with van der Waals surface area (Å²) >= 11 is 0. The maximum Gasteiger partial charge on any atom is 0.323 e. The number of likely N-dealkylation sites (N-methyl/N-ethyl adjacent to an activating group) is 1. The lowest BCUT2D eigenvalue weighted by molar-refractivity contribution is -0.137. The fourth-order valence-electron chi connectivity index (χ4n) is 2.14. The van der Waals surface area contributed by atoms with Gasteiger partial charge in [0.2, 0.25) is 0 Å². The molecule has 2 amide bonds. The fourth-order valence-corrected chi connectivity index (χ4v) is 2.14. The second-order valence-electron chi connectivity index (χ2n) is 5.19. The van der Waals surface area contributed by atoms with E-state index in [1.807, 2.05) is 30.3 Å². The Kier molecular flexibility index (Phi) is 4.61. The molecule has 0 radical (unpaired) electrons. The summed E-state index contributed by atoms with van der Waals surface area (Å²) in [5, 5.41) is 8.89. The lowest BCUT2D eigenvalue weighted by Gasteiger charge is -2.27. The first-order chi connectivity index (χ1) is 9.58. The number of amides is 2. The Labute approximate surface area is 118 Å². The monoisotopic (exact) mass is 276 g/mol. The van der Waals surface area contributed by atoms with E-state index in [4.69, 9.17) is 5.11 Å². The number of aliphatic carboxylic acids is 1. The number of carbonyl (C=O) groups excluding carboxylic acids is 1. The molecule has 5 heteroatoms. The van der Waals surface area contributed by atoms with Crippen molar-refractivity contribution in [2.75, 3.05) is 20.1 Å². The molecule has 20 heavy (non-hydrogen) atoms. The Morgan fingerprint density at radius 2 is 1.90 bits per heavy atom. The minimum atomic E-state index is -0.957. The Hall–Kier alpha value is -2.04. The van der Waals surface area contributed by atoms with E-state index >= 15 is 0 Å². The van der Waals surface area contributed by atoms with E-state index in [-0.39, 0.29) is 18.6 Å². The van der Waals surface area contributed by atoms with Crippen molar-refractivity contribution in [1.82, 2.24) is 9.80 Å². The number of hydrogen-bond donors (Lipinski definition) is 1. The molecule has 0 saturated heterocycles. The van der Waals surface area contributed by atoms with Gasteiger partial charge in [-0.3, -0.25) is 4.79 Å².